The number of nitrogens with zero attached hydrogens (tertiary/aromatic N) is 3. The predicted molar refractivity (Wildman–Crippen MR) is 69.2 cm³/mol. The van der Waals surface area contributed by atoms with Crippen molar-refractivity contribution in [2.75, 3.05) is 19.8 Å². The molecule has 18 heteroatoms. The third-order valence-corrected chi connectivity index (χ3v) is 2.71. The zero-order valence-corrected chi connectivity index (χ0v) is 14.0. The minimum Gasteiger partial charge on any atom is -0.457 e. The SMILES string of the molecule is FC(F)C(F)(F)COc1nc(OCC(F)(F)C(F)F)nc(OCC(F)(F)C(F)F)n1. The Morgan fingerprint density at radius 2 is 0.700 bits per heavy atom. The Morgan fingerprint density at radius 3 is 0.867 bits per heavy atom. The molecule has 0 radical (unpaired) electrons. The Kier molecular flexibility index (Phi) is 8.18. The Labute approximate surface area is 158 Å². The molecule has 0 aromatic carbocycles. The van der Waals surface area contributed by atoms with Gasteiger partial charge in [-0.15, -0.1) is 15.0 Å². The summed E-state index contributed by atoms with van der Waals surface area (Å²) in [5.41, 5.74) is 0. The van der Waals surface area contributed by atoms with Crippen molar-refractivity contribution in [1.29, 1.82) is 0 Å². The third kappa shape index (κ3) is 7.43. The van der Waals surface area contributed by atoms with Crippen LogP contribution in [0.1, 0.15) is 0 Å². The fraction of sp³-hybridized carbons (Fsp3) is 0.750. The molecule has 174 valence electrons. The standard InChI is InChI=1S/C12H9F12N3O3/c13-4(14)10(19,20)1-28-7-25-8(29-2-11(21,22)5(15)16)27-9(26-7)30-3-12(23,24)6(17)18/h4-6H,1-3H2. The molecule has 0 aliphatic carbocycles. The molecule has 0 unspecified atom stereocenters. The lowest BCUT2D eigenvalue weighted by atomic mass is 10.4. The van der Waals surface area contributed by atoms with Gasteiger partial charge in [0.2, 0.25) is 0 Å². The van der Waals surface area contributed by atoms with E-state index in [0.29, 0.717) is 0 Å². The van der Waals surface area contributed by atoms with Gasteiger partial charge in [0, 0.05) is 0 Å². The van der Waals surface area contributed by atoms with Gasteiger partial charge in [0.05, 0.1) is 0 Å². The second kappa shape index (κ2) is 9.59. The van der Waals surface area contributed by atoms with Crippen molar-refractivity contribution in [2.24, 2.45) is 0 Å². The van der Waals surface area contributed by atoms with Crippen molar-refractivity contribution < 1.29 is 66.9 Å². The van der Waals surface area contributed by atoms with Crippen LogP contribution in [-0.2, 0) is 0 Å². The molecule has 30 heavy (non-hydrogen) atoms. The van der Waals surface area contributed by atoms with E-state index in [4.69, 9.17) is 0 Å². The van der Waals surface area contributed by atoms with Gasteiger partial charge in [-0.05, 0) is 0 Å². The van der Waals surface area contributed by atoms with Crippen molar-refractivity contribution in [3.05, 3.63) is 0 Å². The average Bonchev–Trinajstić information content (AvgIpc) is 2.63. The Balaban J connectivity index is 3.05. The second-order valence-corrected chi connectivity index (χ2v) is 5.23. The van der Waals surface area contributed by atoms with Crippen LogP contribution in [-0.4, -0.2) is 71.8 Å². The van der Waals surface area contributed by atoms with Gasteiger partial charge in [0.15, 0.2) is 19.8 Å². The minimum atomic E-state index is -4.78. The molecule has 0 aliphatic heterocycles. The molecule has 0 saturated carbocycles. The Bertz CT molecular complexity index is 589. The van der Waals surface area contributed by atoms with Gasteiger partial charge in [-0.2, -0.15) is 26.3 Å². The quantitative estimate of drug-likeness (QED) is 0.434. The summed E-state index contributed by atoms with van der Waals surface area (Å²) < 4.78 is 162. The van der Waals surface area contributed by atoms with E-state index in [2.05, 4.69) is 29.2 Å². The second-order valence-electron chi connectivity index (χ2n) is 5.23. The van der Waals surface area contributed by atoms with E-state index in [1.54, 1.807) is 0 Å². The lowest BCUT2D eigenvalue weighted by Crippen LogP contribution is -2.35. The molecule has 0 fully saturated rings. The van der Waals surface area contributed by atoms with Crippen LogP contribution in [0.5, 0.6) is 18.0 Å². The van der Waals surface area contributed by atoms with Crippen molar-refractivity contribution >= 4 is 0 Å². The fourth-order valence-corrected chi connectivity index (χ4v) is 1.19. The Morgan fingerprint density at radius 1 is 0.500 bits per heavy atom. The number of rotatable bonds is 12. The maximum atomic E-state index is 12.8. The van der Waals surface area contributed by atoms with Gasteiger partial charge in [-0.25, -0.2) is 26.3 Å². The first-order valence-corrected chi connectivity index (χ1v) is 7.19. The molecule has 6 nitrogen and oxygen atoms in total. The van der Waals surface area contributed by atoms with Gasteiger partial charge in [0.25, 0.3) is 0 Å². The lowest BCUT2D eigenvalue weighted by molar-refractivity contribution is -0.152. The first-order chi connectivity index (χ1) is 13.6. The smallest absolute Gasteiger partial charge is 0.340 e. The average molecular weight is 471 g/mol. The largest absolute Gasteiger partial charge is 0.457 e. The summed E-state index contributed by atoms with van der Waals surface area (Å²) in [7, 11) is 0. The van der Waals surface area contributed by atoms with E-state index in [-0.39, 0.29) is 0 Å². The molecule has 0 aliphatic rings. The maximum Gasteiger partial charge on any atom is 0.340 e. The first kappa shape index (κ1) is 25.6. The van der Waals surface area contributed by atoms with Crippen LogP contribution in [0.2, 0.25) is 0 Å². The highest BCUT2D eigenvalue weighted by Gasteiger charge is 2.44. The van der Waals surface area contributed by atoms with Crippen molar-refractivity contribution in [2.45, 2.75) is 37.0 Å². The summed E-state index contributed by atoms with van der Waals surface area (Å²) in [6.07, 6.45) is -12.7. The van der Waals surface area contributed by atoms with Crippen LogP contribution in [0.3, 0.4) is 0 Å². The molecule has 0 spiro atoms. The number of hydrogen-bond donors (Lipinski definition) is 0. The minimum absolute atomic E-state index is 1.43. The normalized spacial score (nSPS) is 13.3. The molecule has 1 heterocycles. The van der Waals surface area contributed by atoms with E-state index in [0.717, 1.165) is 0 Å². The number of hydrogen-bond acceptors (Lipinski definition) is 6. The van der Waals surface area contributed by atoms with Crippen molar-refractivity contribution in [3.63, 3.8) is 0 Å². The van der Waals surface area contributed by atoms with E-state index < -0.39 is 74.9 Å². The number of ether oxygens (including phenoxy) is 3. The lowest BCUT2D eigenvalue weighted by Gasteiger charge is -2.18. The predicted octanol–water partition coefficient (Wildman–Crippen LogP) is 3.71. The molecule has 1 aromatic heterocycles. The molecule has 0 saturated heterocycles. The van der Waals surface area contributed by atoms with Crippen LogP contribution in [0, 0.1) is 0 Å². The number of aromatic nitrogens is 3. The summed E-state index contributed by atoms with van der Waals surface area (Å²) in [5.74, 6) is -14.3. The Hall–Kier alpha value is -2.43. The number of halogens is 12. The van der Waals surface area contributed by atoms with Crippen LogP contribution in [0.25, 0.3) is 0 Å². The van der Waals surface area contributed by atoms with Gasteiger partial charge in [0.1, 0.15) is 0 Å². The van der Waals surface area contributed by atoms with Gasteiger partial charge in [-0.1, -0.05) is 0 Å². The molecule has 0 atom stereocenters. The molecule has 0 bridgehead atoms. The number of alkyl halides is 12. The van der Waals surface area contributed by atoms with Crippen LogP contribution in [0.15, 0.2) is 0 Å². The van der Waals surface area contributed by atoms with E-state index >= 15 is 0 Å². The molecular formula is C12H9F12N3O3. The first-order valence-electron chi connectivity index (χ1n) is 7.19. The highest BCUT2D eigenvalue weighted by molar-refractivity contribution is 5.09. The monoisotopic (exact) mass is 471 g/mol. The van der Waals surface area contributed by atoms with Crippen LogP contribution in [0.4, 0.5) is 52.7 Å². The van der Waals surface area contributed by atoms with Crippen LogP contribution < -0.4 is 14.2 Å². The zero-order chi connectivity index (χ0) is 23.3. The van der Waals surface area contributed by atoms with Gasteiger partial charge >= 0.3 is 55.1 Å². The topological polar surface area (TPSA) is 66.4 Å². The van der Waals surface area contributed by atoms with Crippen molar-refractivity contribution in [1.82, 2.24) is 15.0 Å². The summed E-state index contributed by atoms with van der Waals surface area (Å²) in [5, 5.41) is 0. The molecule has 1 rings (SSSR count). The summed E-state index contributed by atoms with van der Waals surface area (Å²) in [6, 6.07) is -4.30. The molecular weight excluding hydrogens is 462 g/mol. The van der Waals surface area contributed by atoms with E-state index in [9.17, 15) is 52.7 Å². The highest BCUT2D eigenvalue weighted by Crippen LogP contribution is 2.27. The highest BCUT2D eigenvalue weighted by atomic mass is 19.3. The summed E-state index contributed by atoms with van der Waals surface area (Å²) >= 11 is 0. The van der Waals surface area contributed by atoms with Crippen molar-refractivity contribution in [3.8, 4) is 18.0 Å². The molecule has 0 N–H and O–H groups in total. The van der Waals surface area contributed by atoms with E-state index in [1.807, 2.05) is 0 Å². The summed E-state index contributed by atoms with van der Waals surface area (Å²) in [6.45, 7) is -6.35. The van der Waals surface area contributed by atoms with Crippen LogP contribution >= 0.6 is 0 Å². The van der Waals surface area contributed by atoms with Gasteiger partial charge in [-0.3, -0.25) is 0 Å². The van der Waals surface area contributed by atoms with Gasteiger partial charge < -0.3 is 14.2 Å². The fourth-order valence-electron chi connectivity index (χ4n) is 1.19. The molecule has 1 aromatic rings. The molecule has 0 amide bonds. The summed E-state index contributed by atoms with van der Waals surface area (Å²) in [4.78, 5) is 8.70. The maximum absolute atomic E-state index is 12.8. The third-order valence-electron chi connectivity index (χ3n) is 2.71. The zero-order valence-electron chi connectivity index (χ0n) is 14.0. The van der Waals surface area contributed by atoms with E-state index in [1.165, 1.54) is 0 Å².